The molecule has 0 unspecified atom stereocenters. The standard InChI is InChI=1S/C18H28N2O2/c1-18(2,3)6-7-19-8-10-20(11-9-19)13-15-4-5-16-17(12-15)22-14-21-16/h4-5,12H,6-11,13-14H2,1-3H3. The van der Waals surface area contributed by atoms with Crippen LogP contribution in [0.5, 0.6) is 11.5 Å². The molecule has 2 aliphatic heterocycles. The van der Waals surface area contributed by atoms with Crippen molar-refractivity contribution in [1.29, 1.82) is 0 Å². The molecule has 0 spiro atoms. The third-order valence-electron chi connectivity index (χ3n) is 4.49. The van der Waals surface area contributed by atoms with E-state index in [9.17, 15) is 0 Å². The molecule has 22 heavy (non-hydrogen) atoms. The summed E-state index contributed by atoms with van der Waals surface area (Å²) in [7, 11) is 0. The largest absolute Gasteiger partial charge is 0.454 e. The second kappa shape index (κ2) is 6.47. The molecule has 2 heterocycles. The molecule has 1 aromatic carbocycles. The van der Waals surface area contributed by atoms with Gasteiger partial charge < -0.3 is 14.4 Å². The Balaban J connectivity index is 1.46. The normalized spacial score (nSPS) is 19.6. The zero-order valence-electron chi connectivity index (χ0n) is 14.1. The maximum atomic E-state index is 5.46. The van der Waals surface area contributed by atoms with Gasteiger partial charge in [0.25, 0.3) is 0 Å². The zero-order chi connectivity index (χ0) is 15.6. The van der Waals surface area contributed by atoms with Crippen molar-refractivity contribution < 1.29 is 9.47 Å². The van der Waals surface area contributed by atoms with Gasteiger partial charge in [-0.1, -0.05) is 26.8 Å². The van der Waals surface area contributed by atoms with E-state index in [1.54, 1.807) is 0 Å². The van der Waals surface area contributed by atoms with Crippen LogP contribution >= 0.6 is 0 Å². The summed E-state index contributed by atoms with van der Waals surface area (Å²) in [6, 6.07) is 6.30. The summed E-state index contributed by atoms with van der Waals surface area (Å²) in [4.78, 5) is 5.13. The second-order valence-corrected chi connectivity index (χ2v) is 7.62. The van der Waals surface area contributed by atoms with Gasteiger partial charge in [0.1, 0.15) is 0 Å². The first-order valence-electron chi connectivity index (χ1n) is 8.33. The molecule has 0 N–H and O–H groups in total. The first kappa shape index (κ1) is 15.6. The van der Waals surface area contributed by atoms with Gasteiger partial charge in [-0.15, -0.1) is 0 Å². The molecule has 0 saturated carbocycles. The Kier molecular flexibility index (Phi) is 4.59. The number of benzene rings is 1. The number of fused-ring (bicyclic) bond motifs is 1. The smallest absolute Gasteiger partial charge is 0.231 e. The Morgan fingerprint density at radius 1 is 0.955 bits per heavy atom. The lowest BCUT2D eigenvalue weighted by atomic mass is 9.92. The fourth-order valence-electron chi connectivity index (χ4n) is 2.96. The summed E-state index contributed by atoms with van der Waals surface area (Å²) in [5.41, 5.74) is 1.75. The third-order valence-corrected chi connectivity index (χ3v) is 4.49. The Bertz CT molecular complexity index is 502. The van der Waals surface area contributed by atoms with Crippen LogP contribution in [0, 0.1) is 5.41 Å². The minimum absolute atomic E-state index is 0.352. The molecule has 1 saturated heterocycles. The van der Waals surface area contributed by atoms with Crippen LogP contribution in [0.3, 0.4) is 0 Å². The van der Waals surface area contributed by atoms with Gasteiger partial charge in [-0.05, 0) is 36.1 Å². The first-order chi connectivity index (χ1) is 10.5. The van der Waals surface area contributed by atoms with Crippen molar-refractivity contribution in [2.24, 2.45) is 5.41 Å². The van der Waals surface area contributed by atoms with Gasteiger partial charge in [-0.25, -0.2) is 0 Å². The summed E-state index contributed by atoms with van der Waals surface area (Å²) in [6.07, 6.45) is 1.27. The minimum Gasteiger partial charge on any atom is -0.454 e. The van der Waals surface area contributed by atoms with Crippen molar-refractivity contribution in [2.45, 2.75) is 33.7 Å². The molecule has 0 radical (unpaired) electrons. The van der Waals surface area contributed by atoms with Crippen molar-refractivity contribution in [3.8, 4) is 11.5 Å². The molecule has 1 aromatic rings. The average molecular weight is 304 g/mol. The van der Waals surface area contributed by atoms with E-state index in [-0.39, 0.29) is 0 Å². The van der Waals surface area contributed by atoms with Gasteiger partial charge in [0, 0.05) is 32.7 Å². The van der Waals surface area contributed by atoms with Gasteiger partial charge in [-0.3, -0.25) is 4.90 Å². The van der Waals surface area contributed by atoms with Crippen LogP contribution in [-0.2, 0) is 6.54 Å². The van der Waals surface area contributed by atoms with E-state index in [2.05, 4.69) is 42.7 Å². The highest BCUT2D eigenvalue weighted by molar-refractivity contribution is 5.44. The molecule has 0 bridgehead atoms. The van der Waals surface area contributed by atoms with Crippen LogP contribution in [0.4, 0.5) is 0 Å². The van der Waals surface area contributed by atoms with Gasteiger partial charge in [0.05, 0.1) is 0 Å². The Hall–Kier alpha value is -1.26. The van der Waals surface area contributed by atoms with Gasteiger partial charge in [0.2, 0.25) is 6.79 Å². The minimum atomic E-state index is 0.352. The van der Waals surface area contributed by atoms with Crippen molar-refractivity contribution in [3.05, 3.63) is 23.8 Å². The number of hydrogen-bond acceptors (Lipinski definition) is 4. The van der Waals surface area contributed by atoms with E-state index in [4.69, 9.17) is 9.47 Å². The average Bonchev–Trinajstić information content (AvgIpc) is 2.93. The lowest BCUT2D eigenvalue weighted by Gasteiger charge is -2.36. The highest BCUT2D eigenvalue weighted by Crippen LogP contribution is 2.32. The lowest BCUT2D eigenvalue weighted by Crippen LogP contribution is -2.46. The summed E-state index contributed by atoms with van der Waals surface area (Å²) in [5.74, 6) is 1.76. The molecule has 4 nitrogen and oxygen atoms in total. The fourth-order valence-corrected chi connectivity index (χ4v) is 2.96. The van der Waals surface area contributed by atoms with Crippen molar-refractivity contribution in [3.63, 3.8) is 0 Å². The van der Waals surface area contributed by atoms with E-state index in [1.807, 2.05) is 6.07 Å². The highest BCUT2D eigenvalue weighted by atomic mass is 16.7. The number of hydrogen-bond donors (Lipinski definition) is 0. The van der Waals surface area contributed by atoms with E-state index in [0.717, 1.165) is 31.1 Å². The number of ether oxygens (including phenoxy) is 2. The van der Waals surface area contributed by atoms with Crippen LogP contribution in [0.25, 0.3) is 0 Å². The molecule has 0 atom stereocenters. The van der Waals surface area contributed by atoms with Crippen molar-refractivity contribution in [1.82, 2.24) is 9.80 Å². The summed E-state index contributed by atoms with van der Waals surface area (Å²) in [5, 5.41) is 0. The molecule has 0 aliphatic carbocycles. The van der Waals surface area contributed by atoms with Crippen LogP contribution in [0.15, 0.2) is 18.2 Å². The number of nitrogens with zero attached hydrogens (tertiary/aromatic N) is 2. The SMILES string of the molecule is CC(C)(C)CCN1CCN(Cc2ccc3c(c2)OCO3)CC1. The van der Waals surface area contributed by atoms with E-state index in [1.165, 1.54) is 31.6 Å². The topological polar surface area (TPSA) is 24.9 Å². The third kappa shape index (κ3) is 4.14. The first-order valence-corrected chi connectivity index (χ1v) is 8.33. The highest BCUT2D eigenvalue weighted by Gasteiger charge is 2.20. The fraction of sp³-hybridized carbons (Fsp3) is 0.667. The maximum Gasteiger partial charge on any atom is 0.231 e. The number of rotatable bonds is 4. The van der Waals surface area contributed by atoms with Crippen LogP contribution < -0.4 is 9.47 Å². The molecule has 3 rings (SSSR count). The van der Waals surface area contributed by atoms with Crippen LogP contribution in [0.1, 0.15) is 32.8 Å². The molecule has 4 heteroatoms. The predicted octanol–water partition coefficient (Wildman–Crippen LogP) is 2.97. The van der Waals surface area contributed by atoms with Gasteiger partial charge in [0.15, 0.2) is 11.5 Å². The van der Waals surface area contributed by atoms with Gasteiger partial charge in [-0.2, -0.15) is 0 Å². The Morgan fingerprint density at radius 3 is 2.36 bits per heavy atom. The molecular weight excluding hydrogens is 276 g/mol. The van der Waals surface area contributed by atoms with Crippen molar-refractivity contribution >= 4 is 0 Å². The van der Waals surface area contributed by atoms with E-state index >= 15 is 0 Å². The van der Waals surface area contributed by atoms with Crippen molar-refractivity contribution in [2.75, 3.05) is 39.5 Å². The molecule has 2 aliphatic rings. The quantitative estimate of drug-likeness (QED) is 0.854. The summed E-state index contributed by atoms with van der Waals surface area (Å²) < 4.78 is 10.8. The zero-order valence-corrected chi connectivity index (χ0v) is 14.1. The maximum absolute atomic E-state index is 5.46. The molecule has 0 amide bonds. The van der Waals surface area contributed by atoms with Crippen LogP contribution in [-0.4, -0.2) is 49.3 Å². The van der Waals surface area contributed by atoms with E-state index < -0.39 is 0 Å². The summed E-state index contributed by atoms with van der Waals surface area (Å²) in [6.45, 7) is 14.2. The number of piperazine rings is 1. The second-order valence-electron chi connectivity index (χ2n) is 7.62. The lowest BCUT2D eigenvalue weighted by molar-refractivity contribution is 0.116. The monoisotopic (exact) mass is 304 g/mol. The molecule has 1 fully saturated rings. The van der Waals surface area contributed by atoms with E-state index in [0.29, 0.717) is 12.2 Å². The van der Waals surface area contributed by atoms with Crippen LogP contribution in [0.2, 0.25) is 0 Å². The Morgan fingerprint density at radius 2 is 1.64 bits per heavy atom. The molecular formula is C18H28N2O2. The molecule has 122 valence electrons. The summed E-state index contributed by atoms with van der Waals surface area (Å²) >= 11 is 0. The Labute approximate surface area is 134 Å². The molecule has 0 aromatic heterocycles. The predicted molar refractivity (Wildman–Crippen MR) is 88.4 cm³/mol. The van der Waals surface area contributed by atoms with Gasteiger partial charge >= 0.3 is 0 Å².